The molecule has 0 aliphatic carbocycles. The Balaban J connectivity index is 3.23. The molecule has 1 atom stereocenters. The van der Waals surface area contributed by atoms with Crippen molar-refractivity contribution >= 4 is 11.9 Å². The molecule has 0 aliphatic heterocycles. The standard InChI is InChI=1S/C29H56O4/c1-4-6-7-8-9-10-11-12-13-14-15-16-17-18-19-20-21-22-23-24-29(31)33-26-27(3)25-32-28(30)5-2/h27H,4-26H2,1-3H3. The fourth-order valence-corrected chi connectivity index (χ4v) is 4.04. The van der Waals surface area contributed by atoms with E-state index < -0.39 is 0 Å². The zero-order chi connectivity index (χ0) is 24.4. The monoisotopic (exact) mass is 468 g/mol. The molecule has 196 valence electrons. The second-order valence-corrected chi connectivity index (χ2v) is 9.94. The zero-order valence-electron chi connectivity index (χ0n) is 22.5. The molecule has 0 heterocycles. The molecule has 4 heteroatoms. The maximum Gasteiger partial charge on any atom is 0.305 e. The molecular formula is C29H56O4. The van der Waals surface area contributed by atoms with Gasteiger partial charge >= 0.3 is 11.9 Å². The van der Waals surface area contributed by atoms with E-state index in [0.717, 1.165) is 12.8 Å². The van der Waals surface area contributed by atoms with Crippen molar-refractivity contribution in [3.8, 4) is 0 Å². The second kappa shape index (κ2) is 25.6. The minimum atomic E-state index is -0.206. The Labute approximate surface area is 206 Å². The first kappa shape index (κ1) is 31.9. The van der Waals surface area contributed by atoms with Crippen molar-refractivity contribution < 1.29 is 19.1 Å². The summed E-state index contributed by atoms with van der Waals surface area (Å²) in [5, 5.41) is 0. The Kier molecular flexibility index (Phi) is 24.7. The predicted molar refractivity (Wildman–Crippen MR) is 139 cm³/mol. The average Bonchev–Trinajstić information content (AvgIpc) is 2.82. The van der Waals surface area contributed by atoms with Crippen LogP contribution in [0.1, 0.15) is 156 Å². The highest BCUT2D eigenvalue weighted by molar-refractivity contribution is 5.69. The third-order valence-electron chi connectivity index (χ3n) is 6.33. The third-order valence-corrected chi connectivity index (χ3v) is 6.33. The fraction of sp³-hybridized carbons (Fsp3) is 0.931. The Morgan fingerprint density at radius 2 is 0.848 bits per heavy atom. The quantitative estimate of drug-likeness (QED) is 0.0991. The molecule has 0 radical (unpaired) electrons. The molecule has 0 aromatic heterocycles. The van der Waals surface area contributed by atoms with Gasteiger partial charge < -0.3 is 9.47 Å². The van der Waals surface area contributed by atoms with Crippen molar-refractivity contribution in [1.29, 1.82) is 0 Å². The van der Waals surface area contributed by atoms with Crippen molar-refractivity contribution in [3.05, 3.63) is 0 Å². The predicted octanol–water partition coefficient (Wildman–Crippen LogP) is 8.94. The first-order chi connectivity index (χ1) is 16.1. The van der Waals surface area contributed by atoms with E-state index in [9.17, 15) is 9.59 Å². The van der Waals surface area contributed by atoms with Crippen LogP contribution in [0.25, 0.3) is 0 Å². The lowest BCUT2D eigenvalue weighted by atomic mass is 10.0. The molecule has 1 unspecified atom stereocenters. The topological polar surface area (TPSA) is 52.6 Å². The highest BCUT2D eigenvalue weighted by Crippen LogP contribution is 2.15. The number of carbonyl (C=O) groups is 2. The van der Waals surface area contributed by atoms with Gasteiger partial charge in [-0.25, -0.2) is 0 Å². The molecule has 0 saturated carbocycles. The van der Waals surface area contributed by atoms with Crippen LogP contribution in [0.2, 0.25) is 0 Å². The summed E-state index contributed by atoms with van der Waals surface area (Å²) in [5.74, 6) is -0.285. The minimum Gasteiger partial charge on any atom is -0.465 e. The summed E-state index contributed by atoms with van der Waals surface area (Å²) in [6, 6.07) is 0. The van der Waals surface area contributed by atoms with Gasteiger partial charge in [0.2, 0.25) is 0 Å². The lowest BCUT2D eigenvalue weighted by Crippen LogP contribution is -2.18. The smallest absolute Gasteiger partial charge is 0.305 e. The van der Waals surface area contributed by atoms with Crippen LogP contribution in [0.3, 0.4) is 0 Å². The van der Waals surface area contributed by atoms with E-state index in [2.05, 4.69) is 6.92 Å². The minimum absolute atomic E-state index is 0.0505. The van der Waals surface area contributed by atoms with Gasteiger partial charge in [-0.1, -0.05) is 136 Å². The molecule has 0 spiro atoms. The number of ether oxygens (including phenoxy) is 2. The molecule has 0 saturated heterocycles. The number of unbranched alkanes of at least 4 members (excludes halogenated alkanes) is 18. The molecule has 33 heavy (non-hydrogen) atoms. The summed E-state index contributed by atoms with van der Waals surface area (Å²) in [4.78, 5) is 22.9. The molecule has 0 rings (SSSR count). The summed E-state index contributed by atoms with van der Waals surface area (Å²) < 4.78 is 10.3. The highest BCUT2D eigenvalue weighted by Gasteiger charge is 2.09. The first-order valence-electron chi connectivity index (χ1n) is 14.4. The van der Waals surface area contributed by atoms with Gasteiger partial charge in [-0.05, 0) is 6.42 Å². The van der Waals surface area contributed by atoms with Crippen LogP contribution >= 0.6 is 0 Å². The van der Waals surface area contributed by atoms with E-state index in [-0.39, 0.29) is 17.9 Å². The van der Waals surface area contributed by atoms with Crippen LogP contribution in [-0.4, -0.2) is 25.2 Å². The normalized spacial score (nSPS) is 12.0. The highest BCUT2D eigenvalue weighted by atomic mass is 16.5. The first-order valence-corrected chi connectivity index (χ1v) is 14.4. The Morgan fingerprint density at radius 3 is 1.21 bits per heavy atom. The van der Waals surface area contributed by atoms with E-state index >= 15 is 0 Å². The van der Waals surface area contributed by atoms with E-state index in [0.29, 0.717) is 26.1 Å². The zero-order valence-corrected chi connectivity index (χ0v) is 22.5. The summed E-state index contributed by atoms with van der Waals surface area (Å²) in [7, 11) is 0. The van der Waals surface area contributed by atoms with Gasteiger partial charge in [0, 0.05) is 18.8 Å². The lowest BCUT2D eigenvalue weighted by Gasteiger charge is -2.12. The van der Waals surface area contributed by atoms with E-state index in [1.807, 2.05) is 6.92 Å². The summed E-state index contributed by atoms with van der Waals surface area (Å²) in [6.07, 6.45) is 26.6. The van der Waals surface area contributed by atoms with Gasteiger partial charge in [0.15, 0.2) is 0 Å². The Hall–Kier alpha value is -1.06. The van der Waals surface area contributed by atoms with Crippen molar-refractivity contribution in [2.45, 2.75) is 156 Å². The van der Waals surface area contributed by atoms with Crippen LogP contribution in [0.4, 0.5) is 0 Å². The van der Waals surface area contributed by atoms with Crippen LogP contribution in [0.5, 0.6) is 0 Å². The van der Waals surface area contributed by atoms with Gasteiger partial charge in [0.1, 0.15) is 0 Å². The number of esters is 2. The lowest BCUT2D eigenvalue weighted by molar-refractivity contribution is -0.148. The molecule has 0 fully saturated rings. The summed E-state index contributed by atoms with van der Waals surface area (Å²) >= 11 is 0. The van der Waals surface area contributed by atoms with Gasteiger partial charge in [-0.15, -0.1) is 0 Å². The van der Waals surface area contributed by atoms with Crippen LogP contribution in [-0.2, 0) is 19.1 Å². The van der Waals surface area contributed by atoms with Crippen molar-refractivity contribution in [3.63, 3.8) is 0 Å². The molecule has 4 nitrogen and oxygen atoms in total. The number of hydrogen-bond acceptors (Lipinski definition) is 4. The largest absolute Gasteiger partial charge is 0.465 e. The summed E-state index contributed by atoms with van der Waals surface area (Å²) in [6.45, 7) is 6.63. The van der Waals surface area contributed by atoms with Crippen molar-refractivity contribution in [2.24, 2.45) is 5.92 Å². The maximum atomic E-state index is 11.8. The fourth-order valence-electron chi connectivity index (χ4n) is 4.04. The number of carbonyl (C=O) groups excluding carboxylic acids is 2. The molecule has 0 bridgehead atoms. The second-order valence-electron chi connectivity index (χ2n) is 9.94. The molecule has 0 aromatic carbocycles. The van der Waals surface area contributed by atoms with Gasteiger partial charge in [-0.3, -0.25) is 9.59 Å². The molecular weight excluding hydrogens is 412 g/mol. The SMILES string of the molecule is CCCCCCCCCCCCCCCCCCCCCC(=O)OCC(C)COC(=O)CC. The maximum absolute atomic E-state index is 11.8. The van der Waals surface area contributed by atoms with Gasteiger partial charge in [-0.2, -0.15) is 0 Å². The van der Waals surface area contributed by atoms with Gasteiger partial charge in [0.25, 0.3) is 0 Å². The van der Waals surface area contributed by atoms with Crippen LogP contribution < -0.4 is 0 Å². The number of hydrogen-bond donors (Lipinski definition) is 0. The molecule has 0 N–H and O–H groups in total. The van der Waals surface area contributed by atoms with E-state index in [4.69, 9.17) is 9.47 Å². The van der Waals surface area contributed by atoms with Crippen LogP contribution in [0, 0.1) is 5.92 Å². The van der Waals surface area contributed by atoms with E-state index in [1.54, 1.807) is 6.92 Å². The molecule has 0 aromatic rings. The van der Waals surface area contributed by atoms with E-state index in [1.165, 1.54) is 109 Å². The van der Waals surface area contributed by atoms with Crippen molar-refractivity contribution in [1.82, 2.24) is 0 Å². The van der Waals surface area contributed by atoms with Gasteiger partial charge in [0.05, 0.1) is 13.2 Å². The molecule has 0 amide bonds. The Bertz CT molecular complexity index is 435. The number of rotatable bonds is 25. The Morgan fingerprint density at radius 1 is 0.515 bits per heavy atom. The summed E-state index contributed by atoms with van der Waals surface area (Å²) in [5.41, 5.74) is 0. The molecule has 0 aliphatic rings. The van der Waals surface area contributed by atoms with Crippen LogP contribution in [0.15, 0.2) is 0 Å². The van der Waals surface area contributed by atoms with Crippen molar-refractivity contribution in [2.75, 3.05) is 13.2 Å². The third kappa shape index (κ3) is 25.4. The average molecular weight is 469 g/mol.